The number of halogens is 1. The third-order valence-electron chi connectivity index (χ3n) is 3.20. The molecule has 4 heteroatoms. The van der Waals surface area contributed by atoms with Crippen molar-refractivity contribution in [1.29, 1.82) is 0 Å². The largest absolute Gasteiger partial charge is 0.317 e. The normalized spacial score (nSPS) is 22.3. The maximum atomic E-state index is 5.94. The van der Waals surface area contributed by atoms with Gasteiger partial charge in [0.1, 0.15) is 0 Å². The van der Waals surface area contributed by atoms with E-state index >= 15 is 0 Å². The topological polar surface area (TPSA) is 15.3 Å². The van der Waals surface area contributed by atoms with E-state index in [1.807, 2.05) is 5.38 Å². The average Bonchev–Trinajstić information content (AvgIpc) is 2.56. The summed E-state index contributed by atoms with van der Waals surface area (Å²) >= 11 is 7.70. The van der Waals surface area contributed by atoms with E-state index < -0.39 is 0 Å². The van der Waals surface area contributed by atoms with Gasteiger partial charge in [0.05, 0.1) is 5.02 Å². The first-order chi connectivity index (χ1) is 7.75. The molecule has 1 aliphatic heterocycles. The first-order valence-electron chi connectivity index (χ1n) is 5.89. The molecule has 0 radical (unpaired) electrons. The van der Waals surface area contributed by atoms with Gasteiger partial charge in [-0.05, 0) is 45.5 Å². The lowest BCUT2D eigenvalue weighted by molar-refractivity contribution is 0.218. The quantitative estimate of drug-likeness (QED) is 0.897. The minimum atomic E-state index is 0.718. The van der Waals surface area contributed by atoms with Crippen molar-refractivity contribution < 1.29 is 0 Å². The van der Waals surface area contributed by atoms with Crippen LogP contribution in [-0.4, -0.2) is 31.1 Å². The van der Waals surface area contributed by atoms with Crippen molar-refractivity contribution >= 4 is 22.9 Å². The Kier molecular flexibility index (Phi) is 4.65. The zero-order valence-corrected chi connectivity index (χ0v) is 11.3. The molecule has 0 amide bonds. The summed E-state index contributed by atoms with van der Waals surface area (Å²) in [4.78, 5) is 3.83. The second-order valence-electron chi connectivity index (χ2n) is 4.48. The molecule has 16 heavy (non-hydrogen) atoms. The molecule has 2 rings (SSSR count). The number of rotatable bonds is 3. The lowest BCUT2D eigenvalue weighted by Crippen LogP contribution is -2.31. The van der Waals surface area contributed by atoms with Crippen LogP contribution in [0.3, 0.4) is 0 Å². The molecule has 1 atom stereocenters. The Balaban J connectivity index is 1.88. The van der Waals surface area contributed by atoms with Gasteiger partial charge in [0.2, 0.25) is 0 Å². The molecule has 1 saturated heterocycles. The fourth-order valence-electron chi connectivity index (χ4n) is 2.25. The van der Waals surface area contributed by atoms with Crippen molar-refractivity contribution in [2.45, 2.75) is 31.8 Å². The van der Waals surface area contributed by atoms with E-state index in [1.54, 1.807) is 11.3 Å². The van der Waals surface area contributed by atoms with Crippen LogP contribution in [0.5, 0.6) is 0 Å². The van der Waals surface area contributed by atoms with Gasteiger partial charge >= 0.3 is 0 Å². The number of hydrogen-bond acceptors (Lipinski definition) is 3. The van der Waals surface area contributed by atoms with Crippen molar-refractivity contribution in [3.63, 3.8) is 0 Å². The predicted molar refractivity (Wildman–Crippen MR) is 71.3 cm³/mol. The summed E-state index contributed by atoms with van der Waals surface area (Å²) in [5, 5.41) is 6.34. The van der Waals surface area contributed by atoms with E-state index in [0.29, 0.717) is 0 Å². The monoisotopic (exact) mass is 258 g/mol. The fourth-order valence-corrected chi connectivity index (χ4v) is 3.39. The molecular weight excluding hydrogens is 240 g/mol. The highest BCUT2D eigenvalue weighted by atomic mass is 35.5. The molecule has 0 bridgehead atoms. The average molecular weight is 259 g/mol. The Bertz CT molecular complexity index is 319. The maximum Gasteiger partial charge on any atom is 0.0516 e. The first-order valence-corrected chi connectivity index (χ1v) is 7.15. The molecule has 1 aromatic heterocycles. The fraction of sp³-hybridized carbons (Fsp3) is 0.667. The Morgan fingerprint density at radius 3 is 3.12 bits per heavy atom. The predicted octanol–water partition coefficient (Wildman–Crippen LogP) is 2.98. The lowest BCUT2D eigenvalue weighted by Gasteiger charge is -2.26. The van der Waals surface area contributed by atoms with E-state index in [4.69, 9.17) is 11.6 Å². The van der Waals surface area contributed by atoms with Crippen LogP contribution in [0.2, 0.25) is 5.02 Å². The SMILES string of the molecule is CN(Cc1cc(Cl)cs1)C1CCCNCC1. The van der Waals surface area contributed by atoms with Gasteiger partial charge in [-0.1, -0.05) is 11.6 Å². The van der Waals surface area contributed by atoms with Crippen LogP contribution in [0, 0.1) is 0 Å². The number of thiophene rings is 1. The highest BCUT2D eigenvalue weighted by Crippen LogP contribution is 2.22. The third-order valence-corrected chi connectivity index (χ3v) is 4.46. The van der Waals surface area contributed by atoms with Gasteiger partial charge in [0.25, 0.3) is 0 Å². The highest BCUT2D eigenvalue weighted by molar-refractivity contribution is 7.10. The summed E-state index contributed by atoms with van der Waals surface area (Å²) in [5.41, 5.74) is 0. The summed E-state index contributed by atoms with van der Waals surface area (Å²) in [6, 6.07) is 2.80. The number of nitrogens with one attached hydrogen (secondary N) is 1. The molecule has 0 spiro atoms. The van der Waals surface area contributed by atoms with Crippen molar-refractivity contribution in [1.82, 2.24) is 10.2 Å². The van der Waals surface area contributed by atoms with Crippen LogP contribution < -0.4 is 5.32 Å². The third kappa shape index (κ3) is 3.45. The summed E-state index contributed by atoms with van der Waals surface area (Å²) in [6.45, 7) is 3.36. The van der Waals surface area contributed by atoms with Gasteiger partial charge in [0, 0.05) is 22.8 Å². The van der Waals surface area contributed by atoms with E-state index in [0.717, 1.165) is 24.2 Å². The standard InChI is InChI=1S/C12H19ClN2S/c1-15(8-12-7-10(13)9-16-12)11-3-2-5-14-6-4-11/h7,9,11,14H,2-6,8H2,1H3. The molecule has 0 aliphatic carbocycles. The molecule has 2 heterocycles. The van der Waals surface area contributed by atoms with E-state index in [2.05, 4.69) is 23.3 Å². The Morgan fingerprint density at radius 2 is 2.38 bits per heavy atom. The van der Waals surface area contributed by atoms with Gasteiger partial charge in [0.15, 0.2) is 0 Å². The Morgan fingerprint density at radius 1 is 1.50 bits per heavy atom. The van der Waals surface area contributed by atoms with Crippen molar-refractivity contribution in [3.05, 3.63) is 21.3 Å². The summed E-state index contributed by atoms with van der Waals surface area (Å²) in [7, 11) is 2.23. The van der Waals surface area contributed by atoms with Gasteiger partial charge in [-0.25, -0.2) is 0 Å². The minimum Gasteiger partial charge on any atom is -0.317 e. The maximum absolute atomic E-state index is 5.94. The molecule has 90 valence electrons. The molecule has 1 aromatic rings. The minimum absolute atomic E-state index is 0.718. The van der Waals surface area contributed by atoms with Crippen molar-refractivity contribution in [2.24, 2.45) is 0 Å². The first kappa shape index (κ1) is 12.4. The molecule has 1 N–H and O–H groups in total. The van der Waals surface area contributed by atoms with Crippen LogP contribution >= 0.6 is 22.9 Å². The smallest absolute Gasteiger partial charge is 0.0516 e. The molecule has 0 aromatic carbocycles. The zero-order valence-electron chi connectivity index (χ0n) is 9.71. The zero-order chi connectivity index (χ0) is 11.4. The molecule has 1 aliphatic rings. The molecule has 2 nitrogen and oxygen atoms in total. The lowest BCUT2D eigenvalue weighted by atomic mass is 10.1. The van der Waals surface area contributed by atoms with Crippen molar-refractivity contribution in [3.8, 4) is 0 Å². The molecule has 1 unspecified atom stereocenters. The van der Waals surface area contributed by atoms with Gasteiger partial charge in [-0.2, -0.15) is 0 Å². The van der Waals surface area contributed by atoms with E-state index in [1.165, 1.54) is 30.7 Å². The Labute approximate surface area is 107 Å². The second kappa shape index (κ2) is 6.01. The van der Waals surface area contributed by atoms with Crippen LogP contribution in [0.4, 0.5) is 0 Å². The van der Waals surface area contributed by atoms with Crippen LogP contribution in [-0.2, 0) is 6.54 Å². The van der Waals surface area contributed by atoms with Crippen molar-refractivity contribution in [2.75, 3.05) is 20.1 Å². The molecule has 1 fully saturated rings. The van der Waals surface area contributed by atoms with Gasteiger partial charge < -0.3 is 5.32 Å². The van der Waals surface area contributed by atoms with Crippen LogP contribution in [0.15, 0.2) is 11.4 Å². The van der Waals surface area contributed by atoms with E-state index in [-0.39, 0.29) is 0 Å². The van der Waals surface area contributed by atoms with Crippen LogP contribution in [0.25, 0.3) is 0 Å². The number of hydrogen-bond donors (Lipinski definition) is 1. The van der Waals surface area contributed by atoms with Gasteiger partial charge in [-0.3, -0.25) is 4.90 Å². The summed E-state index contributed by atoms with van der Waals surface area (Å²) < 4.78 is 0. The van der Waals surface area contributed by atoms with Gasteiger partial charge in [-0.15, -0.1) is 11.3 Å². The summed E-state index contributed by atoms with van der Waals surface area (Å²) in [6.07, 6.45) is 3.86. The second-order valence-corrected chi connectivity index (χ2v) is 5.91. The number of nitrogens with zero attached hydrogens (tertiary/aromatic N) is 1. The van der Waals surface area contributed by atoms with E-state index in [9.17, 15) is 0 Å². The molecule has 0 saturated carbocycles. The highest BCUT2D eigenvalue weighted by Gasteiger charge is 2.17. The van der Waals surface area contributed by atoms with Crippen LogP contribution in [0.1, 0.15) is 24.1 Å². The molecular formula is C12H19ClN2S. The summed E-state index contributed by atoms with van der Waals surface area (Å²) in [5.74, 6) is 0. The Hall–Kier alpha value is -0.0900.